The molecule has 0 aliphatic rings. The van der Waals surface area contributed by atoms with Crippen molar-refractivity contribution in [3.8, 4) is 5.75 Å². The number of nitrogens with one attached hydrogen (secondary N) is 1. The first kappa shape index (κ1) is 17.1. The van der Waals surface area contributed by atoms with E-state index in [1.807, 2.05) is 0 Å². The van der Waals surface area contributed by atoms with Gasteiger partial charge in [0.2, 0.25) is 0 Å². The van der Waals surface area contributed by atoms with E-state index in [4.69, 9.17) is 4.74 Å². The zero-order valence-electron chi connectivity index (χ0n) is 12.2. The van der Waals surface area contributed by atoms with Crippen molar-refractivity contribution >= 4 is 27.1 Å². The lowest BCUT2D eigenvalue weighted by Crippen LogP contribution is -2.15. The summed E-state index contributed by atoms with van der Waals surface area (Å²) >= 11 is 0. The summed E-state index contributed by atoms with van der Waals surface area (Å²) in [7, 11) is -3.10. The summed E-state index contributed by atoms with van der Waals surface area (Å²) < 4.78 is 31.9. The number of benzene rings is 2. The lowest BCUT2D eigenvalue weighted by molar-refractivity contribution is -0.387. The fourth-order valence-electron chi connectivity index (χ4n) is 1.92. The van der Waals surface area contributed by atoms with Crippen LogP contribution in [0.4, 0.5) is 17.1 Å². The third-order valence-corrected chi connectivity index (χ3v) is 4.40. The Hall–Kier alpha value is -3.21. The molecule has 0 heterocycles. The molecule has 10 nitrogen and oxygen atoms in total. The van der Waals surface area contributed by atoms with Crippen molar-refractivity contribution < 1.29 is 23.0 Å². The van der Waals surface area contributed by atoms with Crippen LogP contribution in [0.25, 0.3) is 0 Å². The molecule has 0 saturated heterocycles. The predicted octanol–water partition coefficient (Wildman–Crippen LogP) is 2.31. The molecule has 0 aliphatic heterocycles. The van der Waals surface area contributed by atoms with Crippen LogP contribution < -0.4 is 9.46 Å². The zero-order valence-corrected chi connectivity index (χ0v) is 13.0. The average molecular weight is 353 g/mol. The number of nitrogens with zero attached hydrogens (tertiary/aromatic N) is 2. The van der Waals surface area contributed by atoms with E-state index in [0.717, 1.165) is 24.3 Å². The fourth-order valence-corrected chi connectivity index (χ4v) is 3.16. The van der Waals surface area contributed by atoms with Crippen molar-refractivity contribution in [1.82, 2.24) is 0 Å². The van der Waals surface area contributed by atoms with Crippen molar-refractivity contribution in [2.45, 2.75) is 4.90 Å². The van der Waals surface area contributed by atoms with E-state index in [-0.39, 0.29) is 17.1 Å². The maximum Gasteiger partial charge on any atom is 0.289 e. The second-order valence-corrected chi connectivity index (χ2v) is 6.12. The van der Waals surface area contributed by atoms with Gasteiger partial charge in [-0.3, -0.25) is 25.0 Å². The molecule has 2 rings (SSSR count). The molecule has 0 saturated carbocycles. The lowest BCUT2D eigenvalue weighted by atomic mass is 10.2. The maximum atomic E-state index is 12.4. The molecule has 0 atom stereocenters. The van der Waals surface area contributed by atoms with Crippen molar-refractivity contribution in [3.63, 3.8) is 0 Å². The first-order valence-electron chi connectivity index (χ1n) is 6.35. The Kier molecular flexibility index (Phi) is 4.64. The number of ether oxygens (including phenoxy) is 1. The molecule has 2 aromatic rings. The van der Waals surface area contributed by atoms with E-state index in [0.29, 0.717) is 0 Å². The molecule has 1 N–H and O–H groups in total. The van der Waals surface area contributed by atoms with E-state index in [2.05, 4.69) is 4.72 Å². The summed E-state index contributed by atoms with van der Waals surface area (Å²) in [5.74, 6) is 0.0303. The van der Waals surface area contributed by atoms with E-state index < -0.39 is 30.5 Å². The van der Waals surface area contributed by atoms with Crippen molar-refractivity contribution in [1.29, 1.82) is 0 Å². The second-order valence-electron chi connectivity index (χ2n) is 4.47. The summed E-state index contributed by atoms with van der Waals surface area (Å²) in [5, 5.41) is 21.8. The summed E-state index contributed by atoms with van der Waals surface area (Å²) in [4.78, 5) is 19.7. The van der Waals surface area contributed by atoms with E-state index >= 15 is 0 Å². The highest BCUT2D eigenvalue weighted by atomic mass is 32.2. The van der Waals surface area contributed by atoms with Gasteiger partial charge in [-0.15, -0.1) is 0 Å². The number of nitro groups is 2. The van der Waals surface area contributed by atoms with Crippen molar-refractivity contribution in [3.05, 3.63) is 62.7 Å². The molecule has 24 heavy (non-hydrogen) atoms. The van der Waals surface area contributed by atoms with Gasteiger partial charge in [-0.1, -0.05) is 12.1 Å². The number of hydrogen-bond donors (Lipinski definition) is 1. The molecule has 0 amide bonds. The average Bonchev–Trinajstić information content (AvgIpc) is 2.54. The molecule has 126 valence electrons. The van der Waals surface area contributed by atoms with Crippen molar-refractivity contribution in [2.24, 2.45) is 0 Å². The molecule has 0 aromatic heterocycles. The Morgan fingerprint density at radius 1 is 1.04 bits per heavy atom. The molecule has 11 heteroatoms. The van der Waals surface area contributed by atoms with Crippen LogP contribution >= 0.6 is 0 Å². The van der Waals surface area contributed by atoms with Crippen LogP contribution in [-0.2, 0) is 10.0 Å². The smallest absolute Gasteiger partial charge is 0.289 e. The minimum atomic E-state index is -4.36. The van der Waals surface area contributed by atoms with Gasteiger partial charge in [0.15, 0.2) is 4.90 Å². The minimum Gasteiger partial charge on any atom is -0.495 e. The van der Waals surface area contributed by atoms with Crippen LogP contribution in [0.3, 0.4) is 0 Å². The van der Waals surface area contributed by atoms with Crippen LogP contribution in [0, 0.1) is 20.2 Å². The van der Waals surface area contributed by atoms with Crippen molar-refractivity contribution in [2.75, 3.05) is 11.8 Å². The highest BCUT2D eigenvalue weighted by Crippen LogP contribution is 2.32. The SMILES string of the molecule is COc1ccc([N+](=O)[O-])cc1NS(=O)(=O)c1ccccc1[N+](=O)[O-]. The van der Waals surface area contributed by atoms with Gasteiger partial charge in [-0.25, -0.2) is 8.42 Å². The van der Waals surface area contributed by atoms with Gasteiger partial charge in [0, 0.05) is 18.2 Å². The Morgan fingerprint density at radius 2 is 1.71 bits per heavy atom. The number of methoxy groups -OCH3 is 1. The highest BCUT2D eigenvalue weighted by molar-refractivity contribution is 7.92. The molecule has 0 aliphatic carbocycles. The largest absolute Gasteiger partial charge is 0.495 e. The summed E-state index contributed by atoms with van der Waals surface area (Å²) in [6, 6.07) is 8.07. The Labute approximate surface area is 136 Å². The van der Waals surface area contributed by atoms with Gasteiger partial charge in [0.05, 0.1) is 22.6 Å². The second kappa shape index (κ2) is 6.50. The Balaban J connectivity index is 2.52. The molecule has 0 fully saturated rings. The molecule has 0 spiro atoms. The number of non-ortho nitro benzene ring substituents is 1. The van der Waals surface area contributed by atoms with Gasteiger partial charge in [-0.2, -0.15) is 0 Å². The third-order valence-electron chi connectivity index (χ3n) is 2.99. The molecular weight excluding hydrogens is 342 g/mol. The number of nitro benzene ring substituents is 2. The molecule has 0 bridgehead atoms. The maximum absolute atomic E-state index is 12.4. The van der Waals surface area contributed by atoms with Gasteiger partial charge >= 0.3 is 0 Å². The topological polar surface area (TPSA) is 142 Å². The molecule has 2 aromatic carbocycles. The first-order chi connectivity index (χ1) is 11.3. The predicted molar refractivity (Wildman–Crippen MR) is 83.6 cm³/mol. The Morgan fingerprint density at radius 3 is 2.29 bits per heavy atom. The van der Waals surface area contributed by atoms with Crippen LogP contribution in [-0.4, -0.2) is 25.4 Å². The van der Waals surface area contributed by atoms with E-state index in [1.54, 1.807) is 0 Å². The normalized spacial score (nSPS) is 10.9. The number of anilines is 1. The zero-order chi connectivity index (χ0) is 17.9. The van der Waals surface area contributed by atoms with Gasteiger partial charge in [-0.05, 0) is 12.1 Å². The number of rotatable bonds is 6. The summed E-state index contributed by atoms with van der Waals surface area (Å²) in [6.07, 6.45) is 0. The number of para-hydroxylation sites is 1. The lowest BCUT2D eigenvalue weighted by Gasteiger charge is -2.11. The van der Waals surface area contributed by atoms with E-state index in [1.165, 1.54) is 25.3 Å². The van der Waals surface area contributed by atoms with Crippen LogP contribution in [0.15, 0.2) is 47.4 Å². The van der Waals surface area contributed by atoms with Crippen LogP contribution in [0.5, 0.6) is 5.75 Å². The summed E-state index contributed by atoms with van der Waals surface area (Å²) in [5.41, 5.74) is -1.18. The monoisotopic (exact) mass is 353 g/mol. The number of sulfonamides is 1. The molecular formula is C13H11N3O7S. The Bertz CT molecular complexity index is 912. The molecule has 0 unspecified atom stereocenters. The quantitative estimate of drug-likeness (QED) is 0.620. The van der Waals surface area contributed by atoms with E-state index in [9.17, 15) is 28.6 Å². The van der Waals surface area contributed by atoms with Crippen LogP contribution in [0.1, 0.15) is 0 Å². The van der Waals surface area contributed by atoms with Gasteiger partial charge < -0.3 is 4.74 Å². The molecule has 0 radical (unpaired) electrons. The minimum absolute atomic E-state index is 0.0303. The first-order valence-corrected chi connectivity index (χ1v) is 7.83. The third kappa shape index (κ3) is 3.41. The van der Waals surface area contributed by atoms with Crippen LogP contribution in [0.2, 0.25) is 0 Å². The standard InChI is InChI=1S/C13H11N3O7S/c1-23-12-7-6-9(15(17)18)8-10(12)14-24(21,22)13-5-3-2-4-11(13)16(19)20/h2-8,14H,1H3. The van der Waals surface area contributed by atoms with Gasteiger partial charge in [0.1, 0.15) is 5.75 Å². The fraction of sp³-hybridized carbons (Fsp3) is 0.0769. The van der Waals surface area contributed by atoms with Gasteiger partial charge in [0.25, 0.3) is 21.4 Å². The number of hydrogen-bond acceptors (Lipinski definition) is 7. The summed E-state index contributed by atoms with van der Waals surface area (Å²) in [6.45, 7) is 0. The highest BCUT2D eigenvalue weighted by Gasteiger charge is 2.26.